The third kappa shape index (κ3) is 3.93. The molecule has 2 rings (SSSR count). The van der Waals surface area contributed by atoms with Crippen molar-refractivity contribution in [2.75, 3.05) is 6.54 Å². The van der Waals surface area contributed by atoms with Crippen LogP contribution in [0, 0.1) is 13.8 Å². The molecule has 2 aromatic rings. The van der Waals surface area contributed by atoms with Gasteiger partial charge < -0.3 is 5.32 Å². The number of hydrogen-bond donors (Lipinski definition) is 1. The van der Waals surface area contributed by atoms with E-state index in [2.05, 4.69) is 26.3 Å². The van der Waals surface area contributed by atoms with Crippen molar-refractivity contribution in [3.8, 4) is 0 Å². The van der Waals surface area contributed by atoms with Crippen molar-refractivity contribution in [3.05, 3.63) is 51.8 Å². The van der Waals surface area contributed by atoms with Crippen LogP contribution in [0.15, 0.2) is 35.1 Å². The first kappa shape index (κ1) is 14.8. The fraction of sp³-hybridized carbons (Fsp3) is 0.333. The molecule has 1 amide bonds. The standard InChI is InChI=1S/C15H18BrN3O/c1-11-4-5-14(12(2)8-11)15(20)17-6-3-7-19-10-13(16)9-18-19/h4-5,8-10H,3,6-7H2,1-2H3,(H,17,20). The van der Waals surface area contributed by atoms with Crippen molar-refractivity contribution < 1.29 is 4.79 Å². The highest BCUT2D eigenvalue weighted by molar-refractivity contribution is 9.10. The second-order valence-corrected chi connectivity index (χ2v) is 5.77. The lowest BCUT2D eigenvalue weighted by atomic mass is 10.1. The van der Waals surface area contributed by atoms with Gasteiger partial charge in [-0.3, -0.25) is 9.48 Å². The summed E-state index contributed by atoms with van der Waals surface area (Å²) in [6.45, 7) is 5.42. The number of carbonyl (C=O) groups excluding carboxylic acids is 1. The summed E-state index contributed by atoms with van der Waals surface area (Å²) in [7, 11) is 0. The minimum Gasteiger partial charge on any atom is -0.352 e. The monoisotopic (exact) mass is 335 g/mol. The number of carbonyl (C=O) groups is 1. The van der Waals surface area contributed by atoms with Gasteiger partial charge in [-0.25, -0.2) is 0 Å². The topological polar surface area (TPSA) is 46.9 Å². The molecule has 0 fully saturated rings. The van der Waals surface area contributed by atoms with E-state index in [1.165, 1.54) is 5.56 Å². The van der Waals surface area contributed by atoms with E-state index in [0.29, 0.717) is 6.54 Å². The number of halogens is 1. The number of amides is 1. The summed E-state index contributed by atoms with van der Waals surface area (Å²) in [5, 5.41) is 7.12. The molecule has 1 heterocycles. The summed E-state index contributed by atoms with van der Waals surface area (Å²) in [6.07, 6.45) is 4.53. The van der Waals surface area contributed by atoms with Gasteiger partial charge in [-0.1, -0.05) is 17.7 Å². The first-order valence-corrected chi connectivity index (χ1v) is 7.39. The third-order valence-corrected chi connectivity index (χ3v) is 3.49. The van der Waals surface area contributed by atoms with E-state index in [1.807, 2.05) is 42.9 Å². The van der Waals surface area contributed by atoms with Gasteiger partial charge >= 0.3 is 0 Å². The molecule has 0 bridgehead atoms. The fourth-order valence-corrected chi connectivity index (χ4v) is 2.40. The fourth-order valence-electron chi connectivity index (χ4n) is 2.07. The molecule has 0 saturated heterocycles. The van der Waals surface area contributed by atoms with Crippen LogP contribution in [0.25, 0.3) is 0 Å². The molecule has 0 radical (unpaired) electrons. The number of aryl methyl sites for hydroxylation is 3. The lowest BCUT2D eigenvalue weighted by Gasteiger charge is -2.08. The number of aromatic nitrogens is 2. The Balaban J connectivity index is 1.80. The Kier molecular flexibility index (Phi) is 4.95. The van der Waals surface area contributed by atoms with Gasteiger partial charge in [0.1, 0.15) is 0 Å². The van der Waals surface area contributed by atoms with Crippen molar-refractivity contribution in [3.63, 3.8) is 0 Å². The van der Waals surface area contributed by atoms with Gasteiger partial charge in [0.15, 0.2) is 0 Å². The normalized spacial score (nSPS) is 10.6. The highest BCUT2D eigenvalue weighted by Crippen LogP contribution is 2.10. The number of nitrogens with zero attached hydrogens (tertiary/aromatic N) is 2. The van der Waals surface area contributed by atoms with E-state index in [0.717, 1.165) is 28.6 Å². The van der Waals surface area contributed by atoms with Gasteiger partial charge in [0.25, 0.3) is 5.91 Å². The summed E-state index contributed by atoms with van der Waals surface area (Å²) in [5.74, 6) is -0.0101. The van der Waals surface area contributed by atoms with Crippen LogP contribution in [-0.4, -0.2) is 22.2 Å². The Morgan fingerprint density at radius 3 is 2.85 bits per heavy atom. The minimum absolute atomic E-state index is 0.0101. The molecule has 20 heavy (non-hydrogen) atoms. The van der Waals surface area contributed by atoms with Crippen LogP contribution in [0.2, 0.25) is 0 Å². The number of hydrogen-bond acceptors (Lipinski definition) is 2. The molecule has 0 aliphatic carbocycles. The highest BCUT2D eigenvalue weighted by Gasteiger charge is 2.07. The van der Waals surface area contributed by atoms with E-state index >= 15 is 0 Å². The van der Waals surface area contributed by atoms with E-state index in [9.17, 15) is 4.79 Å². The van der Waals surface area contributed by atoms with Crippen molar-refractivity contribution >= 4 is 21.8 Å². The molecule has 5 heteroatoms. The summed E-state index contributed by atoms with van der Waals surface area (Å²) in [6, 6.07) is 5.87. The predicted molar refractivity (Wildman–Crippen MR) is 82.8 cm³/mol. The second-order valence-electron chi connectivity index (χ2n) is 4.85. The zero-order valence-electron chi connectivity index (χ0n) is 11.7. The molecule has 0 aliphatic rings. The van der Waals surface area contributed by atoms with Crippen LogP contribution in [0.3, 0.4) is 0 Å². The lowest BCUT2D eigenvalue weighted by molar-refractivity contribution is 0.0952. The average Bonchev–Trinajstić information content (AvgIpc) is 2.80. The van der Waals surface area contributed by atoms with Crippen molar-refractivity contribution in [1.29, 1.82) is 0 Å². The SMILES string of the molecule is Cc1ccc(C(=O)NCCCn2cc(Br)cn2)c(C)c1. The van der Waals surface area contributed by atoms with E-state index in [1.54, 1.807) is 6.20 Å². The minimum atomic E-state index is -0.0101. The average molecular weight is 336 g/mol. The molecule has 1 aromatic carbocycles. The van der Waals surface area contributed by atoms with E-state index in [-0.39, 0.29) is 5.91 Å². The Bertz CT molecular complexity index is 607. The van der Waals surface area contributed by atoms with Crippen molar-refractivity contribution in [2.24, 2.45) is 0 Å². The number of rotatable bonds is 5. The summed E-state index contributed by atoms with van der Waals surface area (Å²) >= 11 is 3.36. The maximum atomic E-state index is 12.1. The van der Waals surface area contributed by atoms with Crippen LogP contribution in [0.5, 0.6) is 0 Å². The molecule has 0 unspecified atom stereocenters. The molecule has 1 aromatic heterocycles. The quantitative estimate of drug-likeness (QED) is 0.853. The third-order valence-electron chi connectivity index (χ3n) is 3.08. The van der Waals surface area contributed by atoms with Crippen LogP contribution in [0.4, 0.5) is 0 Å². The van der Waals surface area contributed by atoms with Gasteiger partial charge in [0.05, 0.1) is 10.7 Å². The molecule has 0 saturated carbocycles. The molecule has 0 atom stereocenters. The Morgan fingerprint density at radius 2 is 2.20 bits per heavy atom. The summed E-state index contributed by atoms with van der Waals surface area (Å²) in [4.78, 5) is 12.1. The predicted octanol–water partition coefficient (Wildman–Crippen LogP) is 3.08. The number of benzene rings is 1. The first-order valence-electron chi connectivity index (χ1n) is 6.59. The van der Waals surface area contributed by atoms with Gasteiger partial charge in [-0.2, -0.15) is 5.10 Å². The molecular weight excluding hydrogens is 318 g/mol. The van der Waals surface area contributed by atoms with E-state index in [4.69, 9.17) is 0 Å². The Morgan fingerprint density at radius 1 is 1.40 bits per heavy atom. The van der Waals surface area contributed by atoms with Gasteiger partial charge in [-0.15, -0.1) is 0 Å². The Hall–Kier alpha value is -1.62. The highest BCUT2D eigenvalue weighted by atomic mass is 79.9. The maximum Gasteiger partial charge on any atom is 0.251 e. The maximum absolute atomic E-state index is 12.1. The molecule has 0 aliphatic heterocycles. The molecule has 0 spiro atoms. The van der Waals surface area contributed by atoms with Crippen LogP contribution in [0.1, 0.15) is 27.9 Å². The summed E-state index contributed by atoms with van der Waals surface area (Å²) < 4.78 is 2.82. The van der Waals surface area contributed by atoms with Crippen LogP contribution in [-0.2, 0) is 6.54 Å². The number of nitrogens with one attached hydrogen (secondary N) is 1. The smallest absolute Gasteiger partial charge is 0.251 e. The van der Waals surface area contributed by atoms with E-state index < -0.39 is 0 Å². The van der Waals surface area contributed by atoms with Crippen molar-refractivity contribution in [1.82, 2.24) is 15.1 Å². The van der Waals surface area contributed by atoms with Crippen molar-refractivity contribution in [2.45, 2.75) is 26.8 Å². The second kappa shape index (κ2) is 6.70. The van der Waals surface area contributed by atoms with Gasteiger partial charge in [-0.05, 0) is 47.8 Å². The largest absolute Gasteiger partial charge is 0.352 e. The Labute approximate surface area is 127 Å². The lowest BCUT2D eigenvalue weighted by Crippen LogP contribution is -2.26. The zero-order chi connectivity index (χ0) is 14.5. The van der Waals surface area contributed by atoms with Crippen LogP contribution < -0.4 is 5.32 Å². The first-order chi connectivity index (χ1) is 9.56. The van der Waals surface area contributed by atoms with Crippen LogP contribution >= 0.6 is 15.9 Å². The zero-order valence-corrected chi connectivity index (χ0v) is 13.3. The van der Waals surface area contributed by atoms with Gasteiger partial charge in [0.2, 0.25) is 0 Å². The molecule has 1 N–H and O–H groups in total. The molecular formula is C15H18BrN3O. The molecule has 4 nitrogen and oxygen atoms in total. The van der Waals surface area contributed by atoms with Gasteiger partial charge in [0, 0.05) is 24.8 Å². The molecule has 106 valence electrons. The summed E-state index contributed by atoms with van der Waals surface area (Å²) in [5.41, 5.74) is 2.93.